The van der Waals surface area contributed by atoms with Crippen molar-refractivity contribution in [3.63, 3.8) is 0 Å². The van der Waals surface area contributed by atoms with Gasteiger partial charge in [0, 0.05) is 28.4 Å². The minimum absolute atomic E-state index is 0.0315. The van der Waals surface area contributed by atoms with Gasteiger partial charge in [-0.25, -0.2) is 0 Å². The quantitative estimate of drug-likeness (QED) is 0.783. The number of hydrogen-bond acceptors (Lipinski definition) is 3. The number of carbonyl (C=O) groups excluding carboxylic acids is 2. The minimum Gasteiger partial charge on any atom is -0.377 e. The predicted molar refractivity (Wildman–Crippen MR) is 111 cm³/mol. The second-order valence-corrected chi connectivity index (χ2v) is 7.27. The molecule has 0 spiro atoms. The highest BCUT2D eigenvalue weighted by Crippen LogP contribution is 2.18. The fourth-order valence-electron chi connectivity index (χ4n) is 3.03. The number of hydrogen-bond donors (Lipinski definition) is 1. The van der Waals surface area contributed by atoms with Crippen molar-refractivity contribution in [1.82, 2.24) is 4.90 Å². The van der Waals surface area contributed by atoms with Gasteiger partial charge in [0.2, 0.25) is 0 Å². The van der Waals surface area contributed by atoms with E-state index in [1.807, 2.05) is 19.1 Å². The van der Waals surface area contributed by atoms with Gasteiger partial charge in [-0.3, -0.25) is 9.59 Å². The number of carbonyl (C=O) groups is 2. The maximum atomic E-state index is 12.8. The Morgan fingerprint density at radius 3 is 2.68 bits per heavy atom. The van der Waals surface area contributed by atoms with Crippen LogP contribution in [0.2, 0.25) is 5.02 Å². The summed E-state index contributed by atoms with van der Waals surface area (Å²) < 4.78 is 5.39. The standard InChI is InChI=1S/C22H23ClN2O3/c1-15(12-17-6-8-19(23)9-7-17)21(26)24-20-5-3-4-18(13-20)22(27)25-10-11-28-14-16(25)2/h3-9,12-13,16H,10-11,14H2,1-2H3,(H,24,26)/b15-12+. The first-order valence-electron chi connectivity index (χ1n) is 9.18. The van der Waals surface area contributed by atoms with Crippen molar-refractivity contribution in [2.75, 3.05) is 25.1 Å². The number of rotatable bonds is 4. The third kappa shape index (κ3) is 5.00. The zero-order valence-corrected chi connectivity index (χ0v) is 16.7. The third-order valence-corrected chi connectivity index (χ3v) is 4.86. The Kier molecular flexibility index (Phi) is 6.49. The van der Waals surface area contributed by atoms with E-state index in [0.717, 1.165) is 5.56 Å². The molecule has 1 unspecified atom stereocenters. The summed E-state index contributed by atoms with van der Waals surface area (Å²) in [5, 5.41) is 3.50. The minimum atomic E-state index is -0.223. The lowest BCUT2D eigenvalue weighted by Gasteiger charge is -2.33. The average Bonchev–Trinajstić information content (AvgIpc) is 2.69. The number of ether oxygens (including phenoxy) is 1. The van der Waals surface area contributed by atoms with Gasteiger partial charge in [-0.2, -0.15) is 0 Å². The van der Waals surface area contributed by atoms with Gasteiger partial charge in [0.15, 0.2) is 0 Å². The molecule has 3 rings (SSSR count). The van der Waals surface area contributed by atoms with E-state index in [0.29, 0.717) is 41.6 Å². The van der Waals surface area contributed by atoms with E-state index < -0.39 is 0 Å². The van der Waals surface area contributed by atoms with Crippen LogP contribution in [0.15, 0.2) is 54.1 Å². The van der Waals surface area contributed by atoms with E-state index in [1.165, 1.54) is 0 Å². The zero-order valence-electron chi connectivity index (χ0n) is 15.9. The summed E-state index contributed by atoms with van der Waals surface area (Å²) >= 11 is 5.89. The van der Waals surface area contributed by atoms with Gasteiger partial charge in [0.1, 0.15) is 0 Å². The average molecular weight is 399 g/mol. The van der Waals surface area contributed by atoms with Gasteiger partial charge >= 0.3 is 0 Å². The molecule has 1 atom stereocenters. The van der Waals surface area contributed by atoms with Crippen LogP contribution in [0.25, 0.3) is 6.08 Å². The molecule has 1 N–H and O–H groups in total. The maximum Gasteiger partial charge on any atom is 0.254 e. The molecule has 5 nitrogen and oxygen atoms in total. The van der Waals surface area contributed by atoms with E-state index >= 15 is 0 Å². The van der Waals surface area contributed by atoms with Crippen LogP contribution in [-0.2, 0) is 9.53 Å². The molecule has 0 saturated carbocycles. The third-order valence-electron chi connectivity index (χ3n) is 4.61. The van der Waals surface area contributed by atoms with Crippen molar-refractivity contribution in [3.8, 4) is 0 Å². The highest BCUT2D eigenvalue weighted by molar-refractivity contribution is 6.30. The Morgan fingerprint density at radius 1 is 1.21 bits per heavy atom. The number of nitrogens with zero attached hydrogens (tertiary/aromatic N) is 1. The van der Waals surface area contributed by atoms with Crippen LogP contribution in [0.5, 0.6) is 0 Å². The number of morpholine rings is 1. The number of nitrogens with one attached hydrogen (secondary N) is 1. The molecule has 0 aromatic heterocycles. The predicted octanol–water partition coefficient (Wildman–Crippen LogP) is 4.24. The van der Waals surface area contributed by atoms with Crippen LogP contribution in [0.1, 0.15) is 29.8 Å². The first-order chi connectivity index (χ1) is 13.4. The SMILES string of the molecule is C/C(=C\c1ccc(Cl)cc1)C(=O)Nc1cccc(C(=O)N2CCOCC2C)c1. The summed E-state index contributed by atoms with van der Waals surface area (Å²) in [6.45, 7) is 5.36. The normalized spacial score (nSPS) is 17.3. The van der Waals surface area contributed by atoms with Gasteiger partial charge in [-0.15, -0.1) is 0 Å². The molecular weight excluding hydrogens is 376 g/mol. The van der Waals surface area contributed by atoms with Crippen molar-refractivity contribution in [3.05, 3.63) is 70.3 Å². The number of amides is 2. The van der Waals surface area contributed by atoms with Crippen LogP contribution >= 0.6 is 11.6 Å². The summed E-state index contributed by atoms with van der Waals surface area (Å²) in [5.41, 5.74) is 2.58. The van der Waals surface area contributed by atoms with Gasteiger partial charge in [0.05, 0.1) is 19.3 Å². The fourth-order valence-corrected chi connectivity index (χ4v) is 3.15. The Balaban J connectivity index is 1.70. The van der Waals surface area contributed by atoms with Crippen molar-refractivity contribution in [2.45, 2.75) is 19.9 Å². The van der Waals surface area contributed by atoms with E-state index in [-0.39, 0.29) is 17.9 Å². The molecular formula is C22H23ClN2O3. The van der Waals surface area contributed by atoms with E-state index in [4.69, 9.17) is 16.3 Å². The number of benzene rings is 2. The summed E-state index contributed by atoms with van der Waals surface area (Å²) in [6, 6.07) is 14.3. The molecule has 0 aliphatic carbocycles. The monoisotopic (exact) mass is 398 g/mol. The second-order valence-electron chi connectivity index (χ2n) is 6.84. The molecule has 6 heteroatoms. The molecule has 1 heterocycles. The Labute approximate surface area is 169 Å². The lowest BCUT2D eigenvalue weighted by atomic mass is 10.1. The highest BCUT2D eigenvalue weighted by atomic mass is 35.5. The first-order valence-corrected chi connectivity index (χ1v) is 9.56. The van der Waals surface area contributed by atoms with Crippen LogP contribution in [0, 0.1) is 0 Å². The van der Waals surface area contributed by atoms with Gasteiger partial charge in [-0.05, 0) is 55.8 Å². The maximum absolute atomic E-state index is 12.8. The summed E-state index contributed by atoms with van der Waals surface area (Å²) in [5.74, 6) is -0.278. The molecule has 0 radical (unpaired) electrons. The summed E-state index contributed by atoms with van der Waals surface area (Å²) in [4.78, 5) is 27.1. The van der Waals surface area contributed by atoms with Gasteiger partial charge in [-0.1, -0.05) is 29.8 Å². The van der Waals surface area contributed by atoms with Gasteiger partial charge < -0.3 is 15.0 Å². The molecule has 2 amide bonds. The Bertz CT molecular complexity index is 893. The highest BCUT2D eigenvalue weighted by Gasteiger charge is 2.24. The smallest absolute Gasteiger partial charge is 0.254 e. The fraction of sp³-hybridized carbons (Fsp3) is 0.273. The largest absolute Gasteiger partial charge is 0.377 e. The molecule has 0 bridgehead atoms. The molecule has 146 valence electrons. The van der Waals surface area contributed by atoms with E-state index in [1.54, 1.807) is 54.3 Å². The van der Waals surface area contributed by atoms with Crippen LogP contribution < -0.4 is 5.32 Å². The van der Waals surface area contributed by atoms with Crippen molar-refractivity contribution < 1.29 is 14.3 Å². The van der Waals surface area contributed by atoms with Crippen LogP contribution in [0.4, 0.5) is 5.69 Å². The number of anilines is 1. The van der Waals surface area contributed by atoms with Crippen LogP contribution in [-0.4, -0.2) is 42.5 Å². The van der Waals surface area contributed by atoms with E-state index in [2.05, 4.69) is 5.32 Å². The van der Waals surface area contributed by atoms with Crippen LogP contribution in [0.3, 0.4) is 0 Å². The zero-order chi connectivity index (χ0) is 20.1. The van der Waals surface area contributed by atoms with Crippen molar-refractivity contribution in [1.29, 1.82) is 0 Å². The summed E-state index contributed by atoms with van der Waals surface area (Å²) in [7, 11) is 0. The molecule has 1 fully saturated rings. The first kappa shape index (κ1) is 20.1. The molecule has 1 aliphatic heterocycles. The van der Waals surface area contributed by atoms with Crippen molar-refractivity contribution in [2.24, 2.45) is 0 Å². The molecule has 2 aromatic carbocycles. The Morgan fingerprint density at radius 2 is 1.96 bits per heavy atom. The topological polar surface area (TPSA) is 58.6 Å². The molecule has 28 heavy (non-hydrogen) atoms. The lowest BCUT2D eigenvalue weighted by Crippen LogP contribution is -2.47. The summed E-state index contributed by atoms with van der Waals surface area (Å²) in [6.07, 6.45) is 1.79. The Hall–Kier alpha value is -2.63. The second kappa shape index (κ2) is 9.04. The molecule has 1 saturated heterocycles. The molecule has 1 aliphatic rings. The van der Waals surface area contributed by atoms with E-state index in [9.17, 15) is 9.59 Å². The lowest BCUT2D eigenvalue weighted by molar-refractivity contribution is -0.112. The van der Waals surface area contributed by atoms with Crippen molar-refractivity contribution >= 4 is 35.2 Å². The number of halogens is 1. The molecule has 2 aromatic rings. The van der Waals surface area contributed by atoms with Gasteiger partial charge in [0.25, 0.3) is 11.8 Å².